The Labute approximate surface area is 363 Å². The van der Waals surface area contributed by atoms with Crippen LogP contribution < -0.4 is 5.32 Å². The Morgan fingerprint density at radius 3 is 1.66 bits per heavy atom. The zero-order chi connectivity index (χ0) is 41.0. The van der Waals surface area contributed by atoms with Crippen molar-refractivity contribution in [2.24, 2.45) is 0 Å². The van der Waals surface area contributed by atoms with Gasteiger partial charge in [-0.3, -0.25) is 4.98 Å². The molecule has 3 aliphatic rings. The maximum Gasteiger partial charge on any atom is 0.164 e. The third-order valence-corrected chi connectivity index (χ3v) is 13.3. The summed E-state index contributed by atoms with van der Waals surface area (Å²) < 4.78 is 0. The fourth-order valence-corrected chi connectivity index (χ4v) is 10.7. The van der Waals surface area contributed by atoms with Crippen LogP contribution in [0, 0.1) is 0 Å². The van der Waals surface area contributed by atoms with Crippen molar-refractivity contribution in [3.63, 3.8) is 0 Å². The fraction of sp³-hybridized carbons (Fsp3) is 0.0364. The Morgan fingerprint density at radius 2 is 1.03 bits per heavy atom. The predicted octanol–water partition coefficient (Wildman–Crippen LogP) is 12.5. The van der Waals surface area contributed by atoms with Gasteiger partial charge in [0.15, 0.2) is 17.5 Å². The summed E-state index contributed by atoms with van der Waals surface area (Å²) in [6.07, 6.45) is 10.0. The highest BCUT2D eigenvalue weighted by atomic mass is 32.2. The molecule has 1 atom stereocenters. The van der Waals surface area contributed by atoms with Crippen LogP contribution >= 0.6 is 11.8 Å². The molecule has 9 aromatic rings. The van der Waals surface area contributed by atoms with Crippen LogP contribution in [0.2, 0.25) is 0 Å². The number of aromatic nitrogens is 5. The first-order chi connectivity index (χ1) is 30.7. The summed E-state index contributed by atoms with van der Waals surface area (Å²) in [7, 11) is 0. The summed E-state index contributed by atoms with van der Waals surface area (Å²) in [5.74, 6) is 1.87. The first kappa shape index (κ1) is 36.1. The van der Waals surface area contributed by atoms with Crippen molar-refractivity contribution in [3.8, 4) is 67.8 Å². The van der Waals surface area contributed by atoms with Crippen LogP contribution in [0.5, 0.6) is 0 Å². The van der Waals surface area contributed by atoms with E-state index in [0.717, 1.165) is 56.0 Å². The molecule has 62 heavy (non-hydrogen) atoms. The monoisotopic (exact) mass is 812 g/mol. The molecule has 0 bridgehead atoms. The number of nitrogens with one attached hydrogen (secondary N) is 1. The highest BCUT2D eigenvalue weighted by Gasteiger charge is 2.51. The highest BCUT2D eigenvalue weighted by Crippen LogP contribution is 2.64. The first-order valence-electron chi connectivity index (χ1n) is 20.8. The van der Waals surface area contributed by atoms with Gasteiger partial charge in [0, 0.05) is 32.7 Å². The van der Waals surface area contributed by atoms with E-state index >= 15 is 0 Å². The van der Waals surface area contributed by atoms with Crippen LogP contribution in [0.15, 0.2) is 216 Å². The molecule has 0 saturated carbocycles. The molecule has 1 aliphatic carbocycles. The quantitative estimate of drug-likeness (QED) is 0.179. The summed E-state index contributed by atoms with van der Waals surface area (Å²) in [6, 6.07) is 62.0. The smallest absolute Gasteiger partial charge is 0.164 e. The van der Waals surface area contributed by atoms with E-state index in [9.17, 15) is 0 Å². The van der Waals surface area contributed by atoms with Crippen molar-refractivity contribution in [1.82, 2.24) is 30.2 Å². The summed E-state index contributed by atoms with van der Waals surface area (Å²) in [6.45, 7) is 0. The molecule has 5 heterocycles. The van der Waals surface area contributed by atoms with Gasteiger partial charge in [0.1, 0.15) is 0 Å². The number of hydrogen-bond acceptors (Lipinski definition) is 7. The summed E-state index contributed by atoms with van der Waals surface area (Å²) >= 11 is 1.84. The largest absolute Gasteiger partial charge is 0.379 e. The van der Waals surface area contributed by atoms with Crippen LogP contribution in [-0.4, -0.2) is 24.9 Å². The van der Waals surface area contributed by atoms with E-state index in [-0.39, 0.29) is 6.04 Å². The SMILES string of the molecule is C1=CNC(c2cc(-c3cccc4c3-c3c(-c5nc(-c6ccccc6)nc(-c6ccccc6)n5)cccc3C43c4ccccc4Sc4ccccc43)cc(-c3ccccn3)n2)C=C1. The molecule has 7 heteroatoms. The minimum Gasteiger partial charge on any atom is -0.379 e. The van der Waals surface area contributed by atoms with Gasteiger partial charge in [-0.15, -0.1) is 0 Å². The molecule has 3 aromatic heterocycles. The summed E-state index contributed by atoms with van der Waals surface area (Å²) in [5.41, 5.74) is 14.0. The van der Waals surface area contributed by atoms with E-state index in [0.29, 0.717) is 17.5 Å². The lowest BCUT2D eigenvalue weighted by Gasteiger charge is -2.39. The molecule has 0 saturated heterocycles. The minimum absolute atomic E-state index is 0.111. The van der Waals surface area contributed by atoms with Crippen molar-refractivity contribution in [2.75, 3.05) is 0 Å². The molecular weight excluding hydrogens is 777 g/mol. The van der Waals surface area contributed by atoms with Crippen LogP contribution in [0.25, 0.3) is 67.8 Å². The maximum absolute atomic E-state index is 5.34. The van der Waals surface area contributed by atoms with Crippen LogP contribution in [-0.2, 0) is 5.41 Å². The standard InChI is InChI=1S/C55H36N6S/c1-3-17-35(18-4-1)52-59-53(36-19-5-2-6-20-36)61-54(60-52)39-22-16-26-43-51(39)50-38(37-33-46(44-27-11-13-31-56-44)58-47(34-37)45-28-12-14-32-57-45)21-15-25-42(50)55(43)40-23-7-9-29-48(40)62-49-30-10-8-24-41(49)55/h1-34,44,56H. The van der Waals surface area contributed by atoms with Crippen LogP contribution in [0.1, 0.15) is 34.0 Å². The molecule has 1 spiro atoms. The first-order valence-corrected chi connectivity index (χ1v) is 21.6. The molecule has 2 aliphatic heterocycles. The van der Waals surface area contributed by atoms with Crippen molar-refractivity contribution in [2.45, 2.75) is 21.2 Å². The zero-order valence-corrected chi connectivity index (χ0v) is 34.2. The van der Waals surface area contributed by atoms with Crippen molar-refractivity contribution in [1.29, 1.82) is 0 Å². The second-order valence-electron chi connectivity index (χ2n) is 15.6. The average molecular weight is 813 g/mol. The van der Waals surface area contributed by atoms with Crippen molar-refractivity contribution >= 4 is 11.8 Å². The molecule has 12 rings (SSSR count). The second kappa shape index (κ2) is 14.8. The maximum atomic E-state index is 5.34. The van der Waals surface area contributed by atoms with E-state index in [2.05, 4.69) is 139 Å². The lowest BCUT2D eigenvalue weighted by Crippen LogP contribution is -2.31. The van der Waals surface area contributed by atoms with Gasteiger partial charge in [-0.2, -0.15) is 0 Å². The van der Waals surface area contributed by atoms with Crippen molar-refractivity contribution < 1.29 is 0 Å². The molecule has 0 fully saturated rings. The van der Waals surface area contributed by atoms with Gasteiger partial charge in [0.25, 0.3) is 0 Å². The molecule has 1 N–H and O–H groups in total. The third-order valence-electron chi connectivity index (χ3n) is 12.1. The summed E-state index contributed by atoms with van der Waals surface area (Å²) in [5, 5.41) is 3.52. The second-order valence-corrected chi connectivity index (χ2v) is 16.7. The molecule has 0 radical (unpaired) electrons. The number of allylic oxidation sites excluding steroid dienone is 2. The normalized spacial score (nSPS) is 15.0. The Hall–Kier alpha value is -7.74. The van der Waals surface area contributed by atoms with E-state index in [1.807, 2.05) is 84.8 Å². The topological polar surface area (TPSA) is 76.5 Å². The fourth-order valence-electron chi connectivity index (χ4n) is 9.49. The van der Waals surface area contributed by atoms with E-state index in [1.54, 1.807) is 0 Å². The van der Waals surface area contributed by atoms with E-state index in [1.165, 1.54) is 32.0 Å². The van der Waals surface area contributed by atoms with Gasteiger partial charge in [-0.1, -0.05) is 163 Å². The number of dihydropyridines is 1. The number of benzene rings is 6. The van der Waals surface area contributed by atoms with Gasteiger partial charge >= 0.3 is 0 Å². The van der Waals surface area contributed by atoms with Gasteiger partial charge in [-0.05, 0) is 93.2 Å². The summed E-state index contributed by atoms with van der Waals surface area (Å²) in [4.78, 5) is 28.3. The lowest BCUT2D eigenvalue weighted by atomic mass is 9.67. The molecule has 6 aromatic carbocycles. The Morgan fingerprint density at radius 1 is 0.452 bits per heavy atom. The van der Waals surface area contributed by atoms with Crippen LogP contribution in [0.4, 0.5) is 0 Å². The van der Waals surface area contributed by atoms with Gasteiger partial charge in [0.05, 0.1) is 28.5 Å². The number of nitrogens with zero attached hydrogens (tertiary/aromatic N) is 5. The van der Waals surface area contributed by atoms with E-state index in [4.69, 9.17) is 24.9 Å². The molecule has 0 amide bonds. The number of rotatable bonds is 6. The highest BCUT2D eigenvalue weighted by molar-refractivity contribution is 7.99. The van der Waals surface area contributed by atoms with Crippen molar-refractivity contribution in [3.05, 3.63) is 234 Å². The van der Waals surface area contributed by atoms with E-state index < -0.39 is 5.41 Å². The van der Waals surface area contributed by atoms with Gasteiger partial charge in [0.2, 0.25) is 0 Å². The van der Waals surface area contributed by atoms with Crippen LogP contribution in [0.3, 0.4) is 0 Å². The Kier molecular flexibility index (Phi) is 8.61. The predicted molar refractivity (Wildman–Crippen MR) is 248 cm³/mol. The third kappa shape index (κ3) is 5.77. The average Bonchev–Trinajstić information content (AvgIpc) is 3.65. The molecule has 292 valence electrons. The zero-order valence-electron chi connectivity index (χ0n) is 33.4. The molecular formula is C55H36N6S. The minimum atomic E-state index is -0.634. The van der Waals surface area contributed by atoms with Gasteiger partial charge in [-0.25, -0.2) is 19.9 Å². The number of pyridine rings is 2. The number of fused-ring (bicyclic) bond motifs is 9. The Bertz CT molecular complexity index is 3150. The molecule has 1 unspecified atom stereocenters. The van der Waals surface area contributed by atoms with Gasteiger partial charge < -0.3 is 5.32 Å². The Balaban J connectivity index is 1.19. The lowest BCUT2D eigenvalue weighted by molar-refractivity contribution is 0.721. The number of hydrogen-bond donors (Lipinski definition) is 1. The molecule has 6 nitrogen and oxygen atoms in total.